The van der Waals surface area contributed by atoms with Crippen molar-refractivity contribution >= 4 is 39.5 Å². The Kier molecular flexibility index (Phi) is 8.19. The molecule has 4 nitrogen and oxygen atoms in total. The summed E-state index contributed by atoms with van der Waals surface area (Å²) in [6, 6.07) is 17.3. The zero-order chi connectivity index (χ0) is 18.9. The first-order valence-corrected chi connectivity index (χ1v) is 10.3. The summed E-state index contributed by atoms with van der Waals surface area (Å²) < 4.78 is 0.983. The molecule has 0 radical (unpaired) electrons. The van der Waals surface area contributed by atoms with Crippen LogP contribution in [0.1, 0.15) is 18.1 Å². The van der Waals surface area contributed by atoms with E-state index in [1.807, 2.05) is 54.6 Å². The zero-order valence-corrected chi connectivity index (χ0v) is 17.3. The fourth-order valence-corrected chi connectivity index (χ4v) is 3.63. The molecule has 1 atom stereocenters. The molecule has 2 rings (SSSR count). The maximum absolute atomic E-state index is 12.8. The van der Waals surface area contributed by atoms with Crippen molar-refractivity contribution in [1.29, 1.82) is 0 Å². The normalized spacial score (nSPS) is 11.7. The van der Waals surface area contributed by atoms with Crippen molar-refractivity contribution in [3.8, 4) is 0 Å². The largest absolute Gasteiger partial charge is 0.357 e. The molecule has 138 valence electrons. The average molecular weight is 435 g/mol. The van der Waals surface area contributed by atoms with Gasteiger partial charge in [-0.1, -0.05) is 58.4 Å². The van der Waals surface area contributed by atoms with Crippen molar-refractivity contribution in [2.45, 2.75) is 25.3 Å². The van der Waals surface area contributed by atoms with E-state index in [0.29, 0.717) is 12.3 Å². The SMILES string of the molecule is CNC(=O)[C@@H](C)N(Cc1ccc(Br)cc1)C(=O)CSCc1ccccc1. The smallest absolute Gasteiger partial charge is 0.242 e. The molecule has 0 aliphatic carbocycles. The molecule has 2 aromatic carbocycles. The summed E-state index contributed by atoms with van der Waals surface area (Å²) in [5.74, 6) is 0.910. The monoisotopic (exact) mass is 434 g/mol. The van der Waals surface area contributed by atoms with E-state index in [1.165, 1.54) is 5.56 Å². The average Bonchev–Trinajstić information content (AvgIpc) is 2.67. The van der Waals surface area contributed by atoms with E-state index < -0.39 is 6.04 Å². The number of amides is 2. The van der Waals surface area contributed by atoms with Crippen molar-refractivity contribution in [3.63, 3.8) is 0 Å². The van der Waals surface area contributed by atoms with Gasteiger partial charge in [0.05, 0.1) is 5.75 Å². The molecule has 1 N–H and O–H groups in total. The number of benzene rings is 2. The van der Waals surface area contributed by atoms with Gasteiger partial charge in [-0.2, -0.15) is 0 Å². The maximum atomic E-state index is 12.8. The van der Waals surface area contributed by atoms with Gasteiger partial charge in [0.2, 0.25) is 11.8 Å². The number of carbonyl (C=O) groups excluding carboxylic acids is 2. The number of thioether (sulfide) groups is 1. The Morgan fingerprint density at radius 1 is 1.08 bits per heavy atom. The third-order valence-corrected chi connectivity index (χ3v) is 5.53. The van der Waals surface area contributed by atoms with Gasteiger partial charge >= 0.3 is 0 Å². The fraction of sp³-hybridized carbons (Fsp3) is 0.300. The number of hydrogen-bond acceptors (Lipinski definition) is 3. The number of nitrogens with zero attached hydrogens (tertiary/aromatic N) is 1. The Morgan fingerprint density at radius 2 is 1.73 bits per heavy atom. The van der Waals surface area contributed by atoms with Crippen LogP contribution in [0.25, 0.3) is 0 Å². The Balaban J connectivity index is 2.02. The van der Waals surface area contributed by atoms with E-state index in [2.05, 4.69) is 21.2 Å². The number of hydrogen-bond donors (Lipinski definition) is 1. The molecule has 0 aliphatic heterocycles. The highest BCUT2D eigenvalue weighted by Gasteiger charge is 2.25. The van der Waals surface area contributed by atoms with Crippen LogP contribution in [0.2, 0.25) is 0 Å². The second kappa shape index (κ2) is 10.4. The topological polar surface area (TPSA) is 49.4 Å². The van der Waals surface area contributed by atoms with Gasteiger partial charge in [0.1, 0.15) is 6.04 Å². The number of likely N-dealkylation sites (N-methyl/N-ethyl adjacent to an activating group) is 1. The van der Waals surface area contributed by atoms with E-state index in [-0.39, 0.29) is 11.8 Å². The van der Waals surface area contributed by atoms with Crippen LogP contribution in [0, 0.1) is 0 Å². The standard InChI is InChI=1S/C20H23BrN2O2S/c1-15(20(25)22-2)23(12-16-8-10-18(21)11-9-16)19(24)14-26-13-17-6-4-3-5-7-17/h3-11,15H,12-14H2,1-2H3,(H,22,25)/t15-/m1/s1. The van der Waals surface area contributed by atoms with Crippen molar-refractivity contribution in [3.05, 3.63) is 70.2 Å². The molecule has 6 heteroatoms. The number of nitrogens with one attached hydrogen (secondary N) is 1. The molecular weight excluding hydrogens is 412 g/mol. The highest BCUT2D eigenvalue weighted by atomic mass is 79.9. The summed E-state index contributed by atoms with van der Waals surface area (Å²) in [5, 5.41) is 2.63. The lowest BCUT2D eigenvalue weighted by Crippen LogP contribution is -2.47. The molecular formula is C20H23BrN2O2S. The number of halogens is 1. The summed E-state index contributed by atoms with van der Waals surface area (Å²) in [5.41, 5.74) is 2.18. The molecule has 0 saturated carbocycles. The molecule has 0 fully saturated rings. The Morgan fingerprint density at radius 3 is 2.35 bits per heavy atom. The van der Waals surface area contributed by atoms with E-state index in [0.717, 1.165) is 15.8 Å². The second-order valence-corrected chi connectivity index (χ2v) is 7.82. The van der Waals surface area contributed by atoms with Gasteiger partial charge in [-0.3, -0.25) is 9.59 Å². The first-order chi connectivity index (χ1) is 12.5. The molecule has 0 bridgehead atoms. The third-order valence-electron chi connectivity index (χ3n) is 4.02. The summed E-state index contributed by atoms with van der Waals surface area (Å²) in [7, 11) is 1.59. The summed E-state index contributed by atoms with van der Waals surface area (Å²) in [4.78, 5) is 26.5. The quantitative estimate of drug-likeness (QED) is 0.686. The van der Waals surface area contributed by atoms with Crippen LogP contribution < -0.4 is 5.32 Å². The second-order valence-electron chi connectivity index (χ2n) is 5.92. The summed E-state index contributed by atoms with van der Waals surface area (Å²) in [6.45, 7) is 2.17. The van der Waals surface area contributed by atoms with Crippen molar-refractivity contribution in [2.75, 3.05) is 12.8 Å². The van der Waals surface area contributed by atoms with E-state index in [4.69, 9.17) is 0 Å². The molecule has 26 heavy (non-hydrogen) atoms. The van der Waals surface area contributed by atoms with Crippen molar-refractivity contribution in [2.24, 2.45) is 0 Å². The Bertz CT molecular complexity index is 722. The summed E-state index contributed by atoms with van der Waals surface area (Å²) >= 11 is 4.97. The van der Waals surface area contributed by atoms with Gasteiger partial charge in [-0.05, 0) is 30.2 Å². The molecule has 0 aliphatic rings. The Hall–Kier alpha value is -1.79. The van der Waals surface area contributed by atoms with Crippen LogP contribution in [-0.4, -0.2) is 35.6 Å². The lowest BCUT2D eigenvalue weighted by atomic mass is 10.1. The van der Waals surface area contributed by atoms with Crippen LogP contribution >= 0.6 is 27.7 Å². The first kappa shape index (κ1) is 20.5. The minimum atomic E-state index is -0.520. The molecule has 0 aromatic heterocycles. The van der Waals surface area contributed by atoms with Crippen LogP contribution in [0.4, 0.5) is 0 Å². The van der Waals surface area contributed by atoms with Crippen LogP contribution in [-0.2, 0) is 21.9 Å². The third kappa shape index (κ3) is 6.18. The van der Waals surface area contributed by atoms with E-state index >= 15 is 0 Å². The van der Waals surface area contributed by atoms with Gasteiger partial charge in [-0.15, -0.1) is 11.8 Å². The summed E-state index contributed by atoms with van der Waals surface area (Å²) in [6.07, 6.45) is 0. The van der Waals surface area contributed by atoms with Gasteiger partial charge in [0, 0.05) is 23.8 Å². The lowest BCUT2D eigenvalue weighted by molar-refractivity contribution is -0.138. The molecule has 0 spiro atoms. The molecule has 2 amide bonds. The molecule has 0 heterocycles. The fourth-order valence-electron chi connectivity index (χ4n) is 2.49. The van der Waals surface area contributed by atoms with Gasteiger partial charge < -0.3 is 10.2 Å². The maximum Gasteiger partial charge on any atom is 0.242 e. The first-order valence-electron chi connectivity index (χ1n) is 8.38. The Labute approximate surface area is 167 Å². The number of rotatable bonds is 8. The highest BCUT2D eigenvalue weighted by Crippen LogP contribution is 2.17. The van der Waals surface area contributed by atoms with Gasteiger partial charge in [0.15, 0.2) is 0 Å². The predicted molar refractivity (Wildman–Crippen MR) is 111 cm³/mol. The van der Waals surface area contributed by atoms with Gasteiger partial charge in [0.25, 0.3) is 0 Å². The minimum absolute atomic E-state index is 0.0371. The zero-order valence-electron chi connectivity index (χ0n) is 14.9. The van der Waals surface area contributed by atoms with Crippen LogP contribution in [0.5, 0.6) is 0 Å². The van der Waals surface area contributed by atoms with Crippen molar-refractivity contribution < 1.29 is 9.59 Å². The van der Waals surface area contributed by atoms with Crippen molar-refractivity contribution in [1.82, 2.24) is 10.2 Å². The van der Waals surface area contributed by atoms with Gasteiger partial charge in [-0.25, -0.2) is 0 Å². The number of carbonyl (C=O) groups is 2. The molecule has 0 saturated heterocycles. The van der Waals surface area contributed by atoms with E-state index in [9.17, 15) is 9.59 Å². The van der Waals surface area contributed by atoms with E-state index in [1.54, 1.807) is 30.6 Å². The van der Waals surface area contributed by atoms with Crippen LogP contribution in [0.3, 0.4) is 0 Å². The van der Waals surface area contributed by atoms with Crippen LogP contribution in [0.15, 0.2) is 59.1 Å². The lowest BCUT2D eigenvalue weighted by Gasteiger charge is -2.28. The molecule has 0 unspecified atom stereocenters. The predicted octanol–water partition coefficient (Wildman–Crippen LogP) is 3.85. The molecule has 2 aromatic rings. The highest BCUT2D eigenvalue weighted by molar-refractivity contribution is 9.10. The minimum Gasteiger partial charge on any atom is -0.357 e.